The number of ether oxygens (including phenoxy) is 1. The standard InChI is InChI=1S/C23H17N3O4S2/c1-14-4-6-15(7-5-14)21-25-16(11-30-21)10-29-19(27)9-26-13-24-22-20(23(26)28)17(12-32-22)18-3-2-8-31-18/h2-8,11-13H,9-10H2,1H3. The lowest BCUT2D eigenvalue weighted by molar-refractivity contribution is -0.145. The number of rotatable bonds is 6. The second kappa shape index (κ2) is 8.52. The van der Waals surface area contributed by atoms with Crippen LogP contribution in [0.5, 0.6) is 0 Å². The monoisotopic (exact) mass is 463 g/mol. The number of carbonyl (C=O) groups is 1. The zero-order chi connectivity index (χ0) is 22.1. The van der Waals surface area contributed by atoms with Crippen molar-refractivity contribution in [3.8, 4) is 21.9 Å². The van der Waals surface area contributed by atoms with E-state index >= 15 is 0 Å². The molecule has 5 aromatic rings. The molecule has 1 aromatic carbocycles. The summed E-state index contributed by atoms with van der Waals surface area (Å²) in [4.78, 5) is 35.7. The molecule has 0 atom stereocenters. The highest BCUT2D eigenvalue weighted by molar-refractivity contribution is 7.18. The highest BCUT2D eigenvalue weighted by Gasteiger charge is 2.16. The van der Waals surface area contributed by atoms with Crippen molar-refractivity contribution in [3.63, 3.8) is 0 Å². The lowest BCUT2D eigenvalue weighted by atomic mass is 10.1. The number of thiophene rings is 2. The molecular formula is C23H17N3O4S2. The second-order valence-electron chi connectivity index (χ2n) is 7.16. The van der Waals surface area contributed by atoms with Crippen LogP contribution >= 0.6 is 22.7 Å². The Morgan fingerprint density at radius 1 is 1.19 bits per heavy atom. The summed E-state index contributed by atoms with van der Waals surface area (Å²) in [7, 11) is 0. The number of carbonyl (C=O) groups excluding carboxylic acids is 1. The van der Waals surface area contributed by atoms with E-state index in [1.165, 1.54) is 28.5 Å². The van der Waals surface area contributed by atoms with Crippen LogP contribution in [0, 0.1) is 6.92 Å². The molecule has 0 amide bonds. The first-order valence-corrected chi connectivity index (χ1v) is 11.5. The number of oxazole rings is 1. The van der Waals surface area contributed by atoms with Crippen LogP contribution in [0.3, 0.4) is 0 Å². The van der Waals surface area contributed by atoms with Crippen LogP contribution in [0.1, 0.15) is 11.3 Å². The van der Waals surface area contributed by atoms with E-state index in [-0.39, 0.29) is 18.7 Å². The Balaban J connectivity index is 1.29. The predicted octanol–water partition coefficient (Wildman–Crippen LogP) is 4.89. The van der Waals surface area contributed by atoms with Crippen LogP contribution in [-0.2, 0) is 22.7 Å². The largest absolute Gasteiger partial charge is 0.458 e. The highest BCUT2D eigenvalue weighted by Crippen LogP contribution is 2.33. The molecule has 0 saturated heterocycles. The van der Waals surface area contributed by atoms with Crippen molar-refractivity contribution in [2.24, 2.45) is 0 Å². The average molecular weight is 464 g/mol. The molecule has 0 N–H and O–H groups in total. The molecule has 0 aliphatic carbocycles. The van der Waals surface area contributed by atoms with Gasteiger partial charge in [0.2, 0.25) is 5.89 Å². The maximum Gasteiger partial charge on any atom is 0.326 e. The van der Waals surface area contributed by atoms with Gasteiger partial charge >= 0.3 is 5.97 Å². The fourth-order valence-corrected chi connectivity index (χ4v) is 4.96. The Morgan fingerprint density at radius 3 is 2.81 bits per heavy atom. The summed E-state index contributed by atoms with van der Waals surface area (Å²) >= 11 is 2.96. The summed E-state index contributed by atoms with van der Waals surface area (Å²) < 4.78 is 12.1. The third-order valence-electron chi connectivity index (χ3n) is 4.88. The number of benzene rings is 1. The topological polar surface area (TPSA) is 87.2 Å². The van der Waals surface area contributed by atoms with E-state index in [0.29, 0.717) is 21.8 Å². The summed E-state index contributed by atoms with van der Waals surface area (Å²) in [5, 5.41) is 4.40. The Kier molecular flexibility index (Phi) is 5.42. The minimum absolute atomic E-state index is 0.0441. The number of fused-ring (bicyclic) bond motifs is 1. The SMILES string of the molecule is Cc1ccc(-c2nc(COC(=O)Cn3cnc4scc(-c5cccs5)c4c3=O)co2)cc1. The zero-order valence-corrected chi connectivity index (χ0v) is 18.6. The third kappa shape index (κ3) is 4.00. The van der Waals surface area contributed by atoms with Crippen molar-refractivity contribution >= 4 is 38.9 Å². The molecule has 32 heavy (non-hydrogen) atoms. The van der Waals surface area contributed by atoms with Gasteiger partial charge in [0, 0.05) is 21.4 Å². The van der Waals surface area contributed by atoms with Crippen molar-refractivity contribution in [3.05, 3.63) is 81.4 Å². The molecular weight excluding hydrogens is 446 g/mol. The number of aryl methyl sites for hydroxylation is 1. The first kappa shape index (κ1) is 20.3. The Bertz CT molecular complexity index is 1450. The summed E-state index contributed by atoms with van der Waals surface area (Å²) in [5.74, 6) is -0.0958. The van der Waals surface area contributed by atoms with Gasteiger partial charge in [0.1, 0.15) is 29.9 Å². The maximum atomic E-state index is 13.0. The van der Waals surface area contributed by atoms with Crippen molar-refractivity contribution < 1.29 is 13.9 Å². The smallest absolute Gasteiger partial charge is 0.326 e. The summed E-state index contributed by atoms with van der Waals surface area (Å²) in [6.45, 7) is 1.73. The lowest BCUT2D eigenvalue weighted by Crippen LogP contribution is -2.25. The fraction of sp³-hybridized carbons (Fsp3) is 0.130. The number of aromatic nitrogens is 3. The van der Waals surface area contributed by atoms with Gasteiger partial charge in [-0.25, -0.2) is 9.97 Å². The van der Waals surface area contributed by atoms with Crippen molar-refractivity contribution in [2.75, 3.05) is 0 Å². The molecule has 0 fully saturated rings. The molecule has 9 heteroatoms. The van der Waals surface area contributed by atoms with Gasteiger partial charge in [0.15, 0.2) is 0 Å². The van der Waals surface area contributed by atoms with Crippen molar-refractivity contribution in [1.82, 2.24) is 14.5 Å². The maximum absolute atomic E-state index is 13.0. The molecule has 0 saturated carbocycles. The van der Waals surface area contributed by atoms with Crippen LogP contribution < -0.4 is 5.56 Å². The van der Waals surface area contributed by atoms with E-state index in [0.717, 1.165) is 21.6 Å². The number of esters is 1. The van der Waals surface area contributed by atoms with Gasteiger partial charge in [-0.3, -0.25) is 14.2 Å². The van der Waals surface area contributed by atoms with Crippen LogP contribution in [0.2, 0.25) is 0 Å². The quantitative estimate of drug-likeness (QED) is 0.333. The predicted molar refractivity (Wildman–Crippen MR) is 124 cm³/mol. The van der Waals surface area contributed by atoms with Crippen molar-refractivity contribution in [2.45, 2.75) is 20.1 Å². The van der Waals surface area contributed by atoms with Crippen LogP contribution in [0.4, 0.5) is 0 Å². The number of nitrogens with zero attached hydrogens (tertiary/aromatic N) is 3. The van der Waals surface area contributed by atoms with E-state index in [1.54, 1.807) is 11.3 Å². The minimum Gasteiger partial charge on any atom is -0.458 e. The van der Waals surface area contributed by atoms with Gasteiger partial charge in [0.05, 0.1) is 11.7 Å². The highest BCUT2D eigenvalue weighted by atomic mass is 32.1. The molecule has 0 aliphatic rings. The molecule has 160 valence electrons. The first-order chi connectivity index (χ1) is 15.6. The van der Waals surface area contributed by atoms with Gasteiger partial charge < -0.3 is 9.15 Å². The normalized spacial score (nSPS) is 11.2. The zero-order valence-electron chi connectivity index (χ0n) is 17.0. The number of hydrogen-bond donors (Lipinski definition) is 0. The van der Waals surface area contributed by atoms with Crippen LogP contribution in [0.25, 0.3) is 32.1 Å². The molecule has 0 bridgehead atoms. The number of hydrogen-bond acceptors (Lipinski definition) is 8. The Morgan fingerprint density at radius 2 is 2.03 bits per heavy atom. The third-order valence-corrected chi connectivity index (χ3v) is 6.67. The molecule has 0 aliphatic heterocycles. The van der Waals surface area contributed by atoms with Gasteiger partial charge in [-0.2, -0.15) is 0 Å². The lowest BCUT2D eigenvalue weighted by Gasteiger charge is -2.06. The molecule has 0 spiro atoms. The molecule has 0 radical (unpaired) electrons. The van der Waals surface area contributed by atoms with E-state index in [1.807, 2.05) is 54.1 Å². The minimum atomic E-state index is -0.555. The molecule has 0 unspecified atom stereocenters. The van der Waals surface area contributed by atoms with Gasteiger partial charge in [-0.1, -0.05) is 23.8 Å². The van der Waals surface area contributed by atoms with E-state index in [4.69, 9.17) is 9.15 Å². The van der Waals surface area contributed by atoms with E-state index < -0.39 is 5.97 Å². The Labute approximate surface area is 190 Å². The fourth-order valence-electron chi connectivity index (χ4n) is 3.23. The summed E-state index contributed by atoms with van der Waals surface area (Å²) in [6.07, 6.45) is 2.84. The van der Waals surface area contributed by atoms with Crippen LogP contribution in [0.15, 0.2) is 69.0 Å². The van der Waals surface area contributed by atoms with Gasteiger partial charge in [-0.15, -0.1) is 22.7 Å². The average Bonchev–Trinajstić information content (AvgIpc) is 3.55. The van der Waals surface area contributed by atoms with Crippen LogP contribution in [-0.4, -0.2) is 20.5 Å². The molecule has 7 nitrogen and oxygen atoms in total. The van der Waals surface area contributed by atoms with Crippen molar-refractivity contribution in [1.29, 1.82) is 0 Å². The van der Waals surface area contributed by atoms with Gasteiger partial charge in [-0.05, 0) is 30.5 Å². The first-order valence-electron chi connectivity index (χ1n) is 9.76. The molecule has 5 rings (SSSR count). The molecule has 4 aromatic heterocycles. The summed E-state index contributed by atoms with van der Waals surface area (Å²) in [5.41, 5.74) is 3.05. The Hall–Kier alpha value is -3.56. The van der Waals surface area contributed by atoms with E-state index in [2.05, 4.69) is 9.97 Å². The molecule has 4 heterocycles. The summed E-state index contributed by atoms with van der Waals surface area (Å²) in [6, 6.07) is 11.7. The van der Waals surface area contributed by atoms with Gasteiger partial charge in [0.25, 0.3) is 5.56 Å². The second-order valence-corrected chi connectivity index (χ2v) is 8.96. The van der Waals surface area contributed by atoms with E-state index in [9.17, 15) is 9.59 Å².